The predicted molar refractivity (Wildman–Crippen MR) is 69.2 cm³/mol. The van der Waals surface area contributed by atoms with Gasteiger partial charge in [0.25, 0.3) is 0 Å². The van der Waals surface area contributed by atoms with Gasteiger partial charge in [0, 0.05) is 31.1 Å². The van der Waals surface area contributed by atoms with Gasteiger partial charge < -0.3 is 0 Å². The highest BCUT2D eigenvalue weighted by Crippen LogP contribution is 2.09. The first-order valence-corrected chi connectivity index (χ1v) is 6.62. The van der Waals surface area contributed by atoms with Crippen molar-refractivity contribution in [3.63, 3.8) is 0 Å². The smallest absolute Gasteiger partial charge is 0.0167 e. The Morgan fingerprint density at radius 1 is 1.13 bits per heavy atom. The molecule has 0 saturated carbocycles. The molecule has 2 rings (SSSR count). The van der Waals surface area contributed by atoms with Crippen LogP contribution in [0.25, 0.3) is 6.08 Å². The highest BCUT2D eigenvalue weighted by atomic mass is 32.2. The molecule has 15 heavy (non-hydrogen) atoms. The molecule has 1 aromatic rings. The summed E-state index contributed by atoms with van der Waals surface area (Å²) >= 11 is 2.06. The summed E-state index contributed by atoms with van der Waals surface area (Å²) in [5.74, 6) is 2.58. The van der Waals surface area contributed by atoms with E-state index in [1.165, 1.54) is 30.2 Å². The van der Waals surface area contributed by atoms with Gasteiger partial charge in [0.15, 0.2) is 0 Å². The molecule has 2 heteroatoms. The van der Waals surface area contributed by atoms with Crippen molar-refractivity contribution < 1.29 is 0 Å². The van der Waals surface area contributed by atoms with E-state index in [9.17, 15) is 0 Å². The second-order valence-electron chi connectivity index (χ2n) is 3.73. The van der Waals surface area contributed by atoms with E-state index in [0.717, 1.165) is 6.54 Å². The van der Waals surface area contributed by atoms with Crippen LogP contribution in [0.5, 0.6) is 0 Å². The van der Waals surface area contributed by atoms with Crippen LogP contribution in [0.2, 0.25) is 0 Å². The van der Waals surface area contributed by atoms with Crippen LogP contribution < -0.4 is 0 Å². The highest BCUT2D eigenvalue weighted by Gasteiger charge is 2.07. The molecule has 1 aromatic carbocycles. The molecule has 0 radical (unpaired) electrons. The van der Waals surface area contributed by atoms with Crippen LogP contribution in [0.4, 0.5) is 0 Å². The van der Waals surface area contributed by atoms with Crippen molar-refractivity contribution >= 4 is 17.8 Å². The van der Waals surface area contributed by atoms with E-state index in [1.807, 2.05) is 0 Å². The molecule has 1 aliphatic rings. The van der Waals surface area contributed by atoms with Crippen LogP contribution in [0, 0.1) is 0 Å². The Bertz CT molecular complexity index is 302. The summed E-state index contributed by atoms with van der Waals surface area (Å²) in [6.07, 6.45) is 4.48. The number of thioether (sulfide) groups is 1. The summed E-state index contributed by atoms with van der Waals surface area (Å²) in [5.41, 5.74) is 1.30. The van der Waals surface area contributed by atoms with E-state index >= 15 is 0 Å². The second kappa shape index (κ2) is 5.99. The lowest BCUT2D eigenvalue weighted by Gasteiger charge is -2.24. The Labute approximate surface area is 96.2 Å². The Kier molecular flexibility index (Phi) is 4.30. The normalized spacial score (nSPS) is 18.4. The summed E-state index contributed by atoms with van der Waals surface area (Å²) in [6.45, 7) is 3.57. The molecule has 0 aromatic heterocycles. The maximum absolute atomic E-state index is 2.51. The monoisotopic (exact) mass is 219 g/mol. The zero-order valence-corrected chi connectivity index (χ0v) is 9.75. The van der Waals surface area contributed by atoms with E-state index in [0.29, 0.717) is 0 Å². The lowest BCUT2D eigenvalue weighted by Crippen LogP contribution is -2.32. The number of rotatable bonds is 3. The molecular weight excluding hydrogens is 202 g/mol. The molecule has 0 amide bonds. The summed E-state index contributed by atoms with van der Waals surface area (Å²) in [5, 5.41) is 0. The fourth-order valence-electron chi connectivity index (χ4n) is 1.69. The third-order valence-corrected chi connectivity index (χ3v) is 3.52. The number of nitrogens with zero attached hydrogens (tertiary/aromatic N) is 1. The van der Waals surface area contributed by atoms with Crippen molar-refractivity contribution in [2.45, 2.75) is 0 Å². The van der Waals surface area contributed by atoms with E-state index in [4.69, 9.17) is 0 Å². The minimum atomic E-state index is 1.09. The minimum absolute atomic E-state index is 1.09. The molecule has 1 aliphatic heterocycles. The van der Waals surface area contributed by atoms with Gasteiger partial charge in [0.1, 0.15) is 0 Å². The molecule has 0 aliphatic carbocycles. The van der Waals surface area contributed by atoms with Gasteiger partial charge in [-0.3, -0.25) is 4.90 Å². The zero-order chi connectivity index (χ0) is 10.3. The van der Waals surface area contributed by atoms with Crippen LogP contribution in [-0.4, -0.2) is 36.0 Å². The Morgan fingerprint density at radius 3 is 2.60 bits per heavy atom. The summed E-state index contributed by atoms with van der Waals surface area (Å²) in [6, 6.07) is 10.5. The molecule has 0 bridgehead atoms. The van der Waals surface area contributed by atoms with Gasteiger partial charge in [-0.05, 0) is 5.56 Å². The molecule has 1 saturated heterocycles. The van der Waals surface area contributed by atoms with Crippen molar-refractivity contribution in [3.8, 4) is 0 Å². The quantitative estimate of drug-likeness (QED) is 0.769. The summed E-state index contributed by atoms with van der Waals surface area (Å²) < 4.78 is 0. The fourth-order valence-corrected chi connectivity index (χ4v) is 2.66. The van der Waals surface area contributed by atoms with Gasteiger partial charge in [-0.2, -0.15) is 11.8 Å². The van der Waals surface area contributed by atoms with Crippen molar-refractivity contribution in [1.29, 1.82) is 0 Å². The van der Waals surface area contributed by atoms with Gasteiger partial charge in [-0.25, -0.2) is 0 Å². The number of hydrogen-bond donors (Lipinski definition) is 0. The molecular formula is C13H17NS. The first kappa shape index (κ1) is 10.8. The summed E-state index contributed by atoms with van der Waals surface area (Å²) in [4.78, 5) is 2.51. The zero-order valence-electron chi connectivity index (χ0n) is 8.93. The van der Waals surface area contributed by atoms with E-state index in [-0.39, 0.29) is 0 Å². The van der Waals surface area contributed by atoms with Gasteiger partial charge in [-0.15, -0.1) is 0 Å². The van der Waals surface area contributed by atoms with Crippen molar-refractivity contribution in [3.05, 3.63) is 42.0 Å². The van der Waals surface area contributed by atoms with Gasteiger partial charge in [-0.1, -0.05) is 42.5 Å². The highest BCUT2D eigenvalue weighted by molar-refractivity contribution is 7.99. The standard InChI is InChI=1S/C13H17NS/c1-2-5-13(6-3-1)7-4-8-14-9-11-15-12-10-14/h1-7H,8-12H2/b7-4+. The van der Waals surface area contributed by atoms with Crippen LogP contribution >= 0.6 is 11.8 Å². The van der Waals surface area contributed by atoms with Crippen molar-refractivity contribution in [2.24, 2.45) is 0 Å². The maximum Gasteiger partial charge on any atom is 0.0167 e. The Balaban J connectivity index is 1.79. The van der Waals surface area contributed by atoms with E-state index < -0.39 is 0 Å². The van der Waals surface area contributed by atoms with Crippen LogP contribution in [0.3, 0.4) is 0 Å². The lowest BCUT2D eigenvalue weighted by molar-refractivity contribution is 0.336. The molecule has 80 valence electrons. The minimum Gasteiger partial charge on any atom is -0.298 e. The SMILES string of the molecule is C(=C\c1ccccc1)/CN1CCSCC1. The Morgan fingerprint density at radius 2 is 1.87 bits per heavy atom. The predicted octanol–water partition coefficient (Wildman–Crippen LogP) is 2.75. The van der Waals surface area contributed by atoms with Crippen molar-refractivity contribution in [2.75, 3.05) is 31.1 Å². The van der Waals surface area contributed by atoms with E-state index in [2.05, 4.69) is 59.1 Å². The number of benzene rings is 1. The topological polar surface area (TPSA) is 3.24 Å². The first-order valence-electron chi connectivity index (χ1n) is 5.47. The maximum atomic E-state index is 2.51. The van der Waals surface area contributed by atoms with Crippen LogP contribution in [-0.2, 0) is 0 Å². The van der Waals surface area contributed by atoms with Crippen LogP contribution in [0.15, 0.2) is 36.4 Å². The molecule has 1 fully saturated rings. The van der Waals surface area contributed by atoms with Gasteiger partial charge in [0.2, 0.25) is 0 Å². The molecule has 1 heterocycles. The summed E-state index contributed by atoms with van der Waals surface area (Å²) in [7, 11) is 0. The van der Waals surface area contributed by atoms with Crippen molar-refractivity contribution in [1.82, 2.24) is 4.90 Å². The molecule has 0 atom stereocenters. The van der Waals surface area contributed by atoms with Gasteiger partial charge in [0.05, 0.1) is 0 Å². The molecule has 0 unspecified atom stereocenters. The average molecular weight is 219 g/mol. The number of hydrogen-bond acceptors (Lipinski definition) is 2. The molecule has 1 nitrogen and oxygen atoms in total. The van der Waals surface area contributed by atoms with E-state index in [1.54, 1.807) is 0 Å². The lowest BCUT2D eigenvalue weighted by atomic mass is 10.2. The van der Waals surface area contributed by atoms with Gasteiger partial charge >= 0.3 is 0 Å². The second-order valence-corrected chi connectivity index (χ2v) is 4.95. The molecule has 0 spiro atoms. The fraction of sp³-hybridized carbons (Fsp3) is 0.385. The molecule has 0 N–H and O–H groups in total. The first-order chi connectivity index (χ1) is 7.45. The Hall–Kier alpha value is -0.730. The largest absolute Gasteiger partial charge is 0.298 e. The third kappa shape index (κ3) is 3.73. The average Bonchev–Trinajstić information content (AvgIpc) is 2.32. The third-order valence-electron chi connectivity index (χ3n) is 2.58. The van der Waals surface area contributed by atoms with Crippen LogP contribution in [0.1, 0.15) is 5.56 Å².